The number of halogens is 1. The molecule has 29 heavy (non-hydrogen) atoms. The molecule has 1 aliphatic rings. The first-order chi connectivity index (χ1) is 14.1. The normalized spacial score (nSPS) is 17.9. The molecule has 2 heterocycles. The van der Waals surface area contributed by atoms with E-state index in [2.05, 4.69) is 15.0 Å². The van der Waals surface area contributed by atoms with Gasteiger partial charge in [0.15, 0.2) is 5.82 Å². The minimum absolute atomic E-state index is 0.0222. The lowest BCUT2D eigenvalue weighted by molar-refractivity contribution is 0.0631. The van der Waals surface area contributed by atoms with Gasteiger partial charge < -0.3 is 9.42 Å². The van der Waals surface area contributed by atoms with E-state index in [1.54, 1.807) is 6.92 Å². The summed E-state index contributed by atoms with van der Waals surface area (Å²) in [5.41, 5.74) is 1.73. The first kappa shape index (κ1) is 19.6. The Morgan fingerprint density at radius 3 is 2.62 bits per heavy atom. The number of benzene rings is 2. The van der Waals surface area contributed by atoms with Gasteiger partial charge in [0, 0.05) is 36.8 Å². The van der Waals surface area contributed by atoms with Crippen molar-refractivity contribution in [3.8, 4) is 0 Å². The van der Waals surface area contributed by atoms with Gasteiger partial charge in [0.2, 0.25) is 0 Å². The smallest absolute Gasteiger partial charge is 0.254 e. The molecule has 0 N–H and O–H groups in total. The molecule has 0 bridgehead atoms. The molecule has 1 aromatic heterocycles. The highest BCUT2D eigenvalue weighted by Gasteiger charge is 2.34. The molecule has 1 atom stereocenters. The summed E-state index contributed by atoms with van der Waals surface area (Å²) in [6.07, 6.45) is 0.854. The number of amides is 1. The Hall–Kier alpha value is -2.70. The number of nitrogens with zero attached hydrogens (tertiary/aromatic N) is 4. The molecule has 1 saturated heterocycles. The Labute approximate surface area is 175 Å². The fourth-order valence-electron chi connectivity index (χ4n) is 3.72. The van der Waals surface area contributed by atoms with Gasteiger partial charge in [0.1, 0.15) is 6.04 Å². The van der Waals surface area contributed by atoms with E-state index in [-0.39, 0.29) is 11.9 Å². The molecular formula is C22H23ClN4O2. The van der Waals surface area contributed by atoms with Crippen molar-refractivity contribution in [3.63, 3.8) is 0 Å². The van der Waals surface area contributed by atoms with Crippen LogP contribution in [0.2, 0.25) is 5.02 Å². The molecule has 1 unspecified atom stereocenters. The number of hydrogen-bond donors (Lipinski definition) is 0. The zero-order valence-corrected chi connectivity index (χ0v) is 17.0. The average molecular weight is 411 g/mol. The maximum Gasteiger partial charge on any atom is 0.254 e. The van der Waals surface area contributed by atoms with E-state index in [1.165, 1.54) is 0 Å². The van der Waals surface area contributed by atoms with Crippen molar-refractivity contribution >= 4 is 17.5 Å². The zero-order chi connectivity index (χ0) is 20.2. The Bertz CT molecular complexity index is 976. The second kappa shape index (κ2) is 8.76. The molecule has 4 rings (SSSR count). The molecule has 150 valence electrons. The molecule has 6 nitrogen and oxygen atoms in total. The summed E-state index contributed by atoms with van der Waals surface area (Å²) >= 11 is 6.37. The number of carbonyl (C=O) groups excluding carboxylic acids is 1. The maximum atomic E-state index is 13.3. The first-order valence-electron chi connectivity index (χ1n) is 9.74. The van der Waals surface area contributed by atoms with Gasteiger partial charge in [-0.25, -0.2) is 0 Å². The quantitative estimate of drug-likeness (QED) is 0.647. The first-order valence-corrected chi connectivity index (χ1v) is 10.1. The summed E-state index contributed by atoms with van der Waals surface area (Å²) < 4.78 is 5.49. The predicted molar refractivity (Wildman–Crippen MR) is 111 cm³/mol. The Balaban J connectivity index is 1.62. The van der Waals surface area contributed by atoms with Crippen LogP contribution in [0.15, 0.2) is 59.1 Å². The molecule has 1 amide bonds. The Morgan fingerprint density at radius 2 is 1.90 bits per heavy atom. The molecule has 1 fully saturated rings. The number of aryl methyl sites for hydroxylation is 1. The minimum atomic E-state index is -0.311. The highest BCUT2D eigenvalue weighted by molar-refractivity contribution is 6.31. The van der Waals surface area contributed by atoms with E-state index in [4.69, 9.17) is 16.1 Å². The number of hydrogen-bond acceptors (Lipinski definition) is 5. The van der Waals surface area contributed by atoms with Gasteiger partial charge in [-0.1, -0.05) is 53.2 Å². The van der Waals surface area contributed by atoms with E-state index in [9.17, 15) is 4.79 Å². The minimum Gasteiger partial charge on any atom is -0.337 e. The van der Waals surface area contributed by atoms with Crippen LogP contribution >= 0.6 is 11.6 Å². The van der Waals surface area contributed by atoms with Gasteiger partial charge in [-0.15, -0.1) is 0 Å². The van der Waals surface area contributed by atoms with Crippen LogP contribution in [-0.4, -0.2) is 45.5 Å². The maximum absolute atomic E-state index is 13.3. The third-order valence-electron chi connectivity index (χ3n) is 5.14. The molecule has 0 spiro atoms. The van der Waals surface area contributed by atoms with Crippen LogP contribution in [0.25, 0.3) is 0 Å². The highest BCUT2D eigenvalue weighted by Crippen LogP contribution is 2.27. The van der Waals surface area contributed by atoms with E-state index in [0.717, 1.165) is 23.6 Å². The molecular weight excluding hydrogens is 388 g/mol. The predicted octanol–water partition coefficient (Wildman–Crippen LogP) is 4.12. The van der Waals surface area contributed by atoms with Gasteiger partial charge in [-0.2, -0.15) is 4.98 Å². The Morgan fingerprint density at radius 1 is 1.14 bits per heavy atom. The van der Waals surface area contributed by atoms with Crippen molar-refractivity contribution in [3.05, 3.63) is 82.5 Å². The molecule has 7 heteroatoms. The monoisotopic (exact) mass is 410 g/mol. The van der Waals surface area contributed by atoms with E-state index in [1.807, 2.05) is 59.5 Å². The number of rotatable bonds is 4. The van der Waals surface area contributed by atoms with Crippen LogP contribution in [0.3, 0.4) is 0 Å². The highest BCUT2D eigenvalue weighted by atomic mass is 35.5. The topological polar surface area (TPSA) is 62.5 Å². The van der Waals surface area contributed by atoms with Crippen molar-refractivity contribution in [2.24, 2.45) is 0 Å². The summed E-state index contributed by atoms with van der Waals surface area (Å²) in [5, 5.41) is 4.70. The number of carbonyl (C=O) groups is 1. The van der Waals surface area contributed by atoms with Gasteiger partial charge in [0.25, 0.3) is 11.8 Å². The van der Waals surface area contributed by atoms with E-state index >= 15 is 0 Å². The molecule has 0 saturated carbocycles. The molecule has 3 aromatic rings. The number of aromatic nitrogens is 2. The summed E-state index contributed by atoms with van der Waals surface area (Å²) in [5.74, 6) is 1.01. The molecule has 0 radical (unpaired) electrons. The van der Waals surface area contributed by atoms with Crippen molar-refractivity contribution in [2.45, 2.75) is 25.9 Å². The standard InChI is InChI=1S/C22H23ClN4O2/c1-16-24-21(29-25-16)20-15-26(14-18-10-5-6-11-19(18)23)12-7-13-27(20)22(28)17-8-3-2-4-9-17/h2-6,8-11,20H,7,12-15H2,1H3. The summed E-state index contributed by atoms with van der Waals surface area (Å²) in [6.45, 7) is 4.57. The van der Waals surface area contributed by atoms with Gasteiger partial charge >= 0.3 is 0 Å². The molecule has 1 aliphatic heterocycles. The van der Waals surface area contributed by atoms with E-state index < -0.39 is 0 Å². The lowest BCUT2D eigenvalue weighted by atomic mass is 10.1. The van der Waals surface area contributed by atoms with Crippen molar-refractivity contribution in [2.75, 3.05) is 19.6 Å². The second-order valence-corrected chi connectivity index (χ2v) is 7.65. The third-order valence-corrected chi connectivity index (χ3v) is 5.51. The summed E-state index contributed by atoms with van der Waals surface area (Å²) in [4.78, 5) is 21.8. The van der Waals surface area contributed by atoms with Crippen molar-refractivity contribution < 1.29 is 9.32 Å². The lowest BCUT2D eigenvalue weighted by Gasteiger charge is -2.29. The van der Waals surface area contributed by atoms with Crippen LogP contribution < -0.4 is 0 Å². The largest absolute Gasteiger partial charge is 0.337 e. The zero-order valence-electron chi connectivity index (χ0n) is 16.3. The van der Waals surface area contributed by atoms with Crippen LogP contribution in [0.1, 0.15) is 40.1 Å². The summed E-state index contributed by atoms with van der Waals surface area (Å²) in [7, 11) is 0. The van der Waals surface area contributed by atoms with E-state index in [0.29, 0.717) is 36.9 Å². The van der Waals surface area contributed by atoms with Gasteiger partial charge in [0.05, 0.1) is 0 Å². The molecule has 2 aromatic carbocycles. The Kier molecular flexibility index (Phi) is 5.92. The van der Waals surface area contributed by atoms with Crippen molar-refractivity contribution in [1.29, 1.82) is 0 Å². The molecule has 0 aliphatic carbocycles. The van der Waals surface area contributed by atoms with Crippen LogP contribution in [-0.2, 0) is 6.54 Å². The fourth-order valence-corrected chi connectivity index (χ4v) is 3.91. The second-order valence-electron chi connectivity index (χ2n) is 7.24. The summed E-state index contributed by atoms with van der Waals surface area (Å²) in [6, 6.07) is 16.9. The van der Waals surface area contributed by atoms with Crippen LogP contribution in [0, 0.1) is 6.92 Å². The lowest BCUT2D eigenvalue weighted by Crippen LogP contribution is -2.38. The fraction of sp³-hybridized carbons (Fsp3) is 0.318. The third kappa shape index (κ3) is 4.49. The van der Waals surface area contributed by atoms with Crippen LogP contribution in [0.5, 0.6) is 0 Å². The van der Waals surface area contributed by atoms with Crippen LogP contribution in [0.4, 0.5) is 0 Å². The van der Waals surface area contributed by atoms with Crippen molar-refractivity contribution in [1.82, 2.24) is 19.9 Å². The van der Waals surface area contributed by atoms with Gasteiger partial charge in [-0.3, -0.25) is 9.69 Å². The SMILES string of the molecule is Cc1noc(C2CN(Cc3ccccc3Cl)CCCN2C(=O)c2ccccc2)n1. The average Bonchev–Trinajstić information content (AvgIpc) is 3.06. The van der Waals surface area contributed by atoms with Gasteiger partial charge in [-0.05, 0) is 37.1 Å².